The Balaban J connectivity index is 1.77. The first-order valence-electron chi connectivity index (χ1n) is 8.98. The fourth-order valence-corrected chi connectivity index (χ4v) is 3.49. The van der Waals surface area contributed by atoms with Crippen LogP contribution in [0.2, 0.25) is 0 Å². The quantitative estimate of drug-likeness (QED) is 0.390. The Hall–Kier alpha value is -3.59. The molecule has 0 N–H and O–H groups in total. The Kier molecular flexibility index (Phi) is 3.65. The summed E-state index contributed by atoms with van der Waals surface area (Å²) in [5.74, 6) is 2.59. The number of hydrogen-bond acceptors (Lipinski definition) is 2. The van der Waals surface area contributed by atoms with Gasteiger partial charge in [0.1, 0.15) is 17.3 Å². The second-order valence-electron chi connectivity index (χ2n) is 6.57. The molecule has 0 aliphatic heterocycles. The number of hydrogen-bond donors (Lipinski definition) is 0. The van der Waals surface area contributed by atoms with Crippen LogP contribution in [-0.4, -0.2) is 9.55 Å². The average molecular weight is 350 g/mol. The third-order valence-electron chi connectivity index (χ3n) is 4.85. The minimum atomic E-state index is 0.841. The molecule has 2 aromatic heterocycles. The summed E-state index contributed by atoms with van der Waals surface area (Å²) >= 11 is 0. The maximum absolute atomic E-state index is 6.34. The Morgan fingerprint density at radius 3 is 2.07 bits per heavy atom. The van der Waals surface area contributed by atoms with Gasteiger partial charge in [0.15, 0.2) is 0 Å². The van der Waals surface area contributed by atoms with Crippen molar-refractivity contribution in [3.8, 4) is 34.0 Å². The van der Waals surface area contributed by atoms with E-state index in [9.17, 15) is 0 Å². The molecule has 0 saturated heterocycles. The van der Waals surface area contributed by atoms with Crippen LogP contribution < -0.4 is 0 Å². The molecule has 0 amide bonds. The first kappa shape index (κ1) is 15.6. The second kappa shape index (κ2) is 6.29. The van der Waals surface area contributed by atoms with Crippen molar-refractivity contribution in [2.75, 3.05) is 0 Å². The van der Waals surface area contributed by atoms with Crippen molar-refractivity contribution >= 4 is 11.0 Å². The number of rotatable bonds is 3. The maximum atomic E-state index is 6.34. The first-order chi connectivity index (χ1) is 13.3. The second-order valence-corrected chi connectivity index (χ2v) is 6.57. The van der Waals surface area contributed by atoms with Crippen LogP contribution in [0.4, 0.5) is 0 Å². The predicted molar refractivity (Wildman–Crippen MR) is 109 cm³/mol. The number of nitrogens with zero attached hydrogens (tertiary/aromatic N) is 2. The predicted octanol–water partition coefficient (Wildman–Crippen LogP) is 6.17. The SMILES string of the molecule is Cn1c(-c2cc(-c3ccccc3)oc2-c2ccccc2)nc2ccccc21. The zero-order valence-electron chi connectivity index (χ0n) is 15.0. The molecule has 130 valence electrons. The Bertz CT molecular complexity index is 1220. The number of furan rings is 1. The lowest BCUT2D eigenvalue weighted by atomic mass is 10.1. The van der Waals surface area contributed by atoms with Crippen LogP contribution in [0.5, 0.6) is 0 Å². The van der Waals surface area contributed by atoms with Crippen molar-refractivity contribution in [2.24, 2.45) is 7.05 Å². The molecule has 0 atom stereocenters. The maximum Gasteiger partial charge on any atom is 0.145 e. The van der Waals surface area contributed by atoms with E-state index in [0.717, 1.165) is 45.1 Å². The molecule has 0 unspecified atom stereocenters. The summed E-state index contributed by atoms with van der Waals surface area (Å²) in [4.78, 5) is 4.88. The summed E-state index contributed by atoms with van der Waals surface area (Å²) in [7, 11) is 2.05. The van der Waals surface area contributed by atoms with Gasteiger partial charge in [-0.05, 0) is 18.2 Å². The van der Waals surface area contributed by atoms with Gasteiger partial charge in [0.2, 0.25) is 0 Å². The molecule has 0 radical (unpaired) electrons. The van der Waals surface area contributed by atoms with Crippen molar-refractivity contribution in [1.82, 2.24) is 9.55 Å². The molecular formula is C24H18N2O. The molecule has 3 nitrogen and oxygen atoms in total. The average Bonchev–Trinajstić information content (AvgIpc) is 3.31. The van der Waals surface area contributed by atoms with Crippen LogP contribution >= 0.6 is 0 Å². The topological polar surface area (TPSA) is 31.0 Å². The molecule has 0 spiro atoms. The molecule has 0 bridgehead atoms. The number of para-hydroxylation sites is 2. The van der Waals surface area contributed by atoms with Crippen molar-refractivity contribution < 1.29 is 4.42 Å². The Morgan fingerprint density at radius 1 is 0.741 bits per heavy atom. The van der Waals surface area contributed by atoms with Gasteiger partial charge in [0, 0.05) is 18.2 Å². The molecule has 3 aromatic carbocycles. The fraction of sp³-hybridized carbons (Fsp3) is 0.0417. The summed E-state index contributed by atoms with van der Waals surface area (Å²) in [5.41, 5.74) is 5.19. The van der Waals surface area contributed by atoms with Crippen molar-refractivity contribution in [3.63, 3.8) is 0 Å². The van der Waals surface area contributed by atoms with E-state index in [1.165, 1.54) is 0 Å². The van der Waals surface area contributed by atoms with Gasteiger partial charge in [0.05, 0.1) is 16.6 Å². The van der Waals surface area contributed by atoms with E-state index < -0.39 is 0 Å². The molecule has 5 aromatic rings. The lowest BCUT2D eigenvalue weighted by molar-refractivity contribution is 0.598. The molecule has 0 fully saturated rings. The number of fused-ring (bicyclic) bond motifs is 1. The first-order valence-corrected chi connectivity index (χ1v) is 8.98. The monoisotopic (exact) mass is 350 g/mol. The van der Waals surface area contributed by atoms with E-state index >= 15 is 0 Å². The van der Waals surface area contributed by atoms with Crippen LogP contribution in [-0.2, 0) is 7.05 Å². The van der Waals surface area contributed by atoms with Gasteiger partial charge in [-0.3, -0.25) is 0 Å². The van der Waals surface area contributed by atoms with Crippen LogP contribution in [0.1, 0.15) is 0 Å². The highest BCUT2D eigenvalue weighted by Gasteiger charge is 2.20. The van der Waals surface area contributed by atoms with Crippen molar-refractivity contribution in [3.05, 3.63) is 91.0 Å². The smallest absolute Gasteiger partial charge is 0.145 e. The van der Waals surface area contributed by atoms with E-state index in [1.807, 2.05) is 54.6 Å². The molecule has 2 heterocycles. The van der Waals surface area contributed by atoms with E-state index in [4.69, 9.17) is 9.40 Å². The van der Waals surface area contributed by atoms with Crippen LogP contribution in [0, 0.1) is 0 Å². The van der Waals surface area contributed by atoms with Crippen molar-refractivity contribution in [2.45, 2.75) is 0 Å². The van der Waals surface area contributed by atoms with E-state index in [2.05, 4.69) is 48.0 Å². The molecule has 0 aliphatic rings. The van der Waals surface area contributed by atoms with E-state index in [-0.39, 0.29) is 0 Å². The van der Waals surface area contributed by atoms with E-state index in [1.54, 1.807) is 0 Å². The summed E-state index contributed by atoms with van der Waals surface area (Å²) in [6.07, 6.45) is 0. The van der Waals surface area contributed by atoms with Crippen LogP contribution in [0.25, 0.3) is 45.1 Å². The molecule has 0 saturated carbocycles. The third-order valence-corrected chi connectivity index (χ3v) is 4.85. The summed E-state index contributed by atoms with van der Waals surface area (Å²) < 4.78 is 8.47. The van der Waals surface area contributed by atoms with Gasteiger partial charge in [-0.15, -0.1) is 0 Å². The highest BCUT2D eigenvalue weighted by Crippen LogP contribution is 2.39. The van der Waals surface area contributed by atoms with Gasteiger partial charge in [-0.2, -0.15) is 0 Å². The lowest BCUT2D eigenvalue weighted by Crippen LogP contribution is -1.92. The lowest BCUT2D eigenvalue weighted by Gasteiger charge is -2.03. The highest BCUT2D eigenvalue weighted by molar-refractivity contribution is 5.86. The zero-order chi connectivity index (χ0) is 18.2. The molecule has 3 heteroatoms. The van der Waals surface area contributed by atoms with Crippen LogP contribution in [0.3, 0.4) is 0 Å². The largest absolute Gasteiger partial charge is 0.455 e. The number of imidazole rings is 1. The molecule has 5 rings (SSSR count). The zero-order valence-corrected chi connectivity index (χ0v) is 15.0. The molecule has 0 aliphatic carbocycles. The van der Waals surface area contributed by atoms with Crippen LogP contribution in [0.15, 0.2) is 95.4 Å². The number of aromatic nitrogens is 2. The molecular weight excluding hydrogens is 332 g/mol. The van der Waals surface area contributed by atoms with Gasteiger partial charge >= 0.3 is 0 Å². The number of aryl methyl sites for hydroxylation is 1. The standard InChI is InChI=1S/C24H18N2O/c1-26-21-15-9-8-14-20(21)25-24(26)19-16-22(17-10-4-2-5-11-17)27-23(19)18-12-6-3-7-13-18/h2-16H,1H3. The van der Waals surface area contributed by atoms with Gasteiger partial charge in [0.25, 0.3) is 0 Å². The minimum absolute atomic E-state index is 0.841. The van der Waals surface area contributed by atoms with Gasteiger partial charge in [-0.25, -0.2) is 4.98 Å². The summed E-state index contributed by atoms with van der Waals surface area (Å²) in [5, 5.41) is 0. The molecule has 27 heavy (non-hydrogen) atoms. The Labute approximate surface area is 157 Å². The minimum Gasteiger partial charge on any atom is -0.455 e. The van der Waals surface area contributed by atoms with Crippen molar-refractivity contribution in [1.29, 1.82) is 0 Å². The number of benzene rings is 3. The fourth-order valence-electron chi connectivity index (χ4n) is 3.49. The van der Waals surface area contributed by atoms with Gasteiger partial charge in [-0.1, -0.05) is 72.8 Å². The normalized spacial score (nSPS) is 11.1. The highest BCUT2D eigenvalue weighted by atomic mass is 16.3. The summed E-state index contributed by atoms with van der Waals surface area (Å²) in [6.45, 7) is 0. The Morgan fingerprint density at radius 2 is 1.37 bits per heavy atom. The third kappa shape index (κ3) is 2.64. The van der Waals surface area contributed by atoms with E-state index in [0.29, 0.717) is 0 Å². The van der Waals surface area contributed by atoms with Gasteiger partial charge < -0.3 is 8.98 Å². The summed E-state index contributed by atoms with van der Waals surface area (Å²) in [6, 6.07) is 30.7.